The SMILES string of the molecule is CC(C)=CCSc1ccccc1C(=O)N1CC(O)C1. The van der Waals surface area contributed by atoms with Gasteiger partial charge in [-0.2, -0.15) is 0 Å². The Balaban J connectivity index is 2.07. The van der Waals surface area contributed by atoms with Crippen molar-refractivity contribution in [3.63, 3.8) is 0 Å². The third-order valence-corrected chi connectivity index (χ3v) is 4.00. The zero-order valence-corrected chi connectivity index (χ0v) is 12.1. The molecule has 0 atom stereocenters. The Kier molecular flexibility index (Phi) is 4.66. The number of aliphatic hydroxyl groups excluding tert-OH is 1. The van der Waals surface area contributed by atoms with Crippen LogP contribution in [0.3, 0.4) is 0 Å². The lowest BCUT2D eigenvalue weighted by Crippen LogP contribution is -2.53. The molecule has 0 bridgehead atoms. The van der Waals surface area contributed by atoms with Gasteiger partial charge in [-0.05, 0) is 26.0 Å². The van der Waals surface area contributed by atoms with E-state index in [9.17, 15) is 9.90 Å². The maximum atomic E-state index is 12.3. The number of rotatable bonds is 4. The molecule has 1 amide bonds. The van der Waals surface area contributed by atoms with Crippen LogP contribution in [-0.4, -0.2) is 40.9 Å². The quantitative estimate of drug-likeness (QED) is 0.679. The van der Waals surface area contributed by atoms with Crippen molar-refractivity contribution < 1.29 is 9.90 Å². The second-order valence-corrected chi connectivity index (χ2v) is 6.01. The number of aliphatic hydroxyl groups is 1. The summed E-state index contributed by atoms with van der Waals surface area (Å²) in [6.07, 6.45) is 1.80. The van der Waals surface area contributed by atoms with Gasteiger partial charge in [0.15, 0.2) is 0 Å². The van der Waals surface area contributed by atoms with Gasteiger partial charge in [-0.15, -0.1) is 11.8 Å². The van der Waals surface area contributed by atoms with E-state index in [-0.39, 0.29) is 12.0 Å². The fourth-order valence-corrected chi connectivity index (χ4v) is 2.94. The molecular formula is C15H19NO2S. The number of hydrogen-bond acceptors (Lipinski definition) is 3. The Morgan fingerprint density at radius 2 is 2.11 bits per heavy atom. The van der Waals surface area contributed by atoms with Crippen LogP contribution in [-0.2, 0) is 0 Å². The van der Waals surface area contributed by atoms with E-state index in [0.717, 1.165) is 16.2 Å². The van der Waals surface area contributed by atoms with Gasteiger partial charge in [0.05, 0.1) is 11.7 Å². The minimum absolute atomic E-state index is 0.0191. The van der Waals surface area contributed by atoms with E-state index >= 15 is 0 Å². The molecule has 102 valence electrons. The minimum Gasteiger partial charge on any atom is -0.389 e. The first-order valence-electron chi connectivity index (χ1n) is 6.40. The predicted octanol–water partition coefficient (Wildman–Crippen LogP) is 2.56. The second kappa shape index (κ2) is 6.26. The maximum Gasteiger partial charge on any atom is 0.255 e. The minimum atomic E-state index is -0.352. The molecule has 1 saturated heterocycles. The number of allylic oxidation sites excluding steroid dienone is 1. The molecule has 2 rings (SSSR count). The van der Waals surface area contributed by atoms with E-state index in [1.807, 2.05) is 24.3 Å². The van der Waals surface area contributed by atoms with Crippen molar-refractivity contribution in [1.82, 2.24) is 4.90 Å². The highest BCUT2D eigenvalue weighted by molar-refractivity contribution is 7.99. The van der Waals surface area contributed by atoms with Gasteiger partial charge in [-0.3, -0.25) is 4.79 Å². The van der Waals surface area contributed by atoms with Gasteiger partial charge < -0.3 is 10.0 Å². The molecule has 4 heteroatoms. The third kappa shape index (κ3) is 3.61. The van der Waals surface area contributed by atoms with Crippen LogP contribution < -0.4 is 0 Å². The summed E-state index contributed by atoms with van der Waals surface area (Å²) in [4.78, 5) is 15.0. The zero-order chi connectivity index (χ0) is 13.8. The first-order chi connectivity index (χ1) is 9.08. The highest BCUT2D eigenvalue weighted by atomic mass is 32.2. The molecule has 0 radical (unpaired) electrons. The molecular weight excluding hydrogens is 258 g/mol. The summed E-state index contributed by atoms with van der Waals surface area (Å²) in [5.74, 6) is 0.889. The summed E-state index contributed by atoms with van der Waals surface area (Å²) < 4.78 is 0. The topological polar surface area (TPSA) is 40.5 Å². The number of benzene rings is 1. The van der Waals surface area contributed by atoms with Crippen molar-refractivity contribution >= 4 is 17.7 Å². The predicted molar refractivity (Wildman–Crippen MR) is 78.5 cm³/mol. The lowest BCUT2D eigenvalue weighted by Gasteiger charge is -2.36. The summed E-state index contributed by atoms with van der Waals surface area (Å²) in [7, 11) is 0. The normalized spacial score (nSPS) is 15.0. The van der Waals surface area contributed by atoms with Crippen molar-refractivity contribution in [3.05, 3.63) is 41.5 Å². The molecule has 0 unspecified atom stereocenters. The number of amides is 1. The van der Waals surface area contributed by atoms with Crippen LogP contribution >= 0.6 is 11.8 Å². The molecule has 1 aliphatic rings. The van der Waals surface area contributed by atoms with Gasteiger partial charge >= 0.3 is 0 Å². The van der Waals surface area contributed by atoms with Crippen molar-refractivity contribution in [2.75, 3.05) is 18.8 Å². The number of nitrogens with zero attached hydrogens (tertiary/aromatic N) is 1. The molecule has 0 spiro atoms. The van der Waals surface area contributed by atoms with E-state index in [4.69, 9.17) is 0 Å². The lowest BCUT2D eigenvalue weighted by atomic mass is 10.1. The smallest absolute Gasteiger partial charge is 0.255 e. The van der Waals surface area contributed by atoms with Crippen LogP contribution in [0.2, 0.25) is 0 Å². The van der Waals surface area contributed by atoms with Crippen molar-refractivity contribution in [3.8, 4) is 0 Å². The Bertz CT molecular complexity index is 489. The second-order valence-electron chi connectivity index (χ2n) is 4.95. The van der Waals surface area contributed by atoms with Gasteiger partial charge in [0.25, 0.3) is 5.91 Å². The van der Waals surface area contributed by atoms with Gasteiger partial charge in [0.2, 0.25) is 0 Å². The van der Waals surface area contributed by atoms with Crippen LogP contribution in [0.15, 0.2) is 40.8 Å². The van der Waals surface area contributed by atoms with Crippen molar-refractivity contribution in [2.45, 2.75) is 24.8 Å². The van der Waals surface area contributed by atoms with E-state index < -0.39 is 0 Å². The summed E-state index contributed by atoms with van der Waals surface area (Å²) in [5, 5.41) is 9.28. The number of carbonyl (C=O) groups excluding carboxylic acids is 1. The highest BCUT2D eigenvalue weighted by Gasteiger charge is 2.30. The van der Waals surface area contributed by atoms with Gasteiger partial charge in [-0.1, -0.05) is 23.8 Å². The average Bonchev–Trinajstić information content (AvgIpc) is 2.34. The molecule has 1 heterocycles. The van der Waals surface area contributed by atoms with Crippen LogP contribution in [0.25, 0.3) is 0 Å². The third-order valence-electron chi connectivity index (χ3n) is 3.00. The lowest BCUT2D eigenvalue weighted by molar-refractivity contribution is 0.00566. The molecule has 19 heavy (non-hydrogen) atoms. The summed E-state index contributed by atoms with van der Waals surface area (Å²) >= 11 is 1.67. The van der Waals surface area contributed by atoms with E-state index in [1.165, 1.54) is 5.57 Å². The first-order valence-corrected chi connectivity index (χ1v) is 7.39. The highest BCUT2D eigenvalue weighted by Crippen LogP contribution is 2.25. The monoisotopic (exact) mass is 277 g/mol. The molecule has 1 fully saturated rings. The molecule has 1 aliphatic heterocycles. The standard InChI is InChI=1S/C15H19NO2S/c1-11(2)7-8-19-14-6-4-3-5-13(14)15(18)16-9-12(17)10-16/h3-7,12,17H,8-10H2,1-2H3. The maximum absolute atomic E-state index is 12.3. The molecule has 1 N–H and O–H groups in total. The zero-order valence-electron chi connectivity index (χ0n) is 11.3. The first kappa shape index (κ1) is 14.2. The molecule has 0 aliphatic carbocycles. The molecule has 1 aromatic rings. The molecule has 0 aromatic heterocycles. The summed E-state index contributed by atoms with van der Waals surface area (Å²) in [6, 6.07) is 7.67. The van der Waals surface area contributed by atoms with Crippen molar-refractivity contribution in [1.29, 1.82) is 0 Å². The van der Waals surface area contributed by atoms with Crippen LogP contribution in [0.5, 0.6) is 0 Å². The van der Waals surface area contributed by atoms with Gasteiger partial charge in [-0.25, -0.2) is 0 Å². The summed E-state index contributed by atoms with van der Waals surface area (Å²) in [5.41, 5.74) is 2.02. The van der Waals surface area contributed by atoms with Crippen LogP contribution in [0, 0.1) is 0 Å². The Hall–Kier alpha value is -1.26. The molecule has 1 aromatic carbocycles. The summed E-state index contributed by atoms with van der Waals surface area (Å²) in [6.45, 7) is 5.04. The Morgan fingerprint density at radius 1 is 1.42 bits per heavy atom. The Labute approximate surface area is 118 Å². The van der Waals surface area contributed by atoms with E-state index in [0.29, 0.717) is 13.1 Å². The molecule has 0 saturated carbocycles. The number of likely N-dealkylation sites (tertiary alicyclic amines) is 1. The number of β-amino-alcohol motifs (C(OH)–C–C–N with tert-alkyl or cyclic N) is 1. The average molecular weight is 277 g/mol. The van der Waals surface area contributed by atoms with Gasteiger partial charge in [0.1, 0.15) is 0 Å². The van der Waals surface area contributed by atoms with E-state index in [1.54, 1.807) is 16.7 Å². The fourth-order valence-electron chi connectivity index (χ4n) is 1.86. The van der Waals surface area contributed by atoms with E-state index in [2.05, 4.69) is 19.9 Å². The number of thioether (sulfide) groups is 1. The number of hydrogen-bond donors (Lipinski definition) is 1. The Morgan fingerprint density at radius 3 is 2.74 bits per heavy atom. The molecule has 3 nitrogen and oxygen atoms in total. The largest absolute Gasteiger partial charge is 0.389 e. The number of carbonyl (C=O) groups is 1. The van der Waals surface area contributed by atoms with Gasteiger partial charge in [0, 0.05) is 23.7 Å². The van der Waals surface area contributed by atoms with Crippen molar-refractivity contribution in [2.24, 2.45) is 0 Å². The fraction of sp³-hybridized carbons (Fsp3) is 0.400. The van der Waals surface area contributed by atoms with Crippen LogP contribution in [0.4, 0.5) is 0 Å². The van der Waals surface area contributed by atoms with Crippen LogP contribution in [0.1, 0.15) is 24.2 Å².